The van der Waals surface area contributed by atoms with Gasteiger partial charge in [0.1, 0.15) is 28.5 Å². The van der Waals surface area contributed by atoms with Gasteiger partial charge in [0.25, 0.3) is 5.91 Å². The maximum absolute atomic E-state index is 15.7. The molecule has 0 spiro atoms. The molecular weight excluding hydrogens is 501 g/mol. The summed E-state index contributed by atoms with van der Waals surface area (Å²) in [4.78, 5) is 24.5. The molecule has 1 amide bonds. The molecule has 194 valence electrons. The fourth-order valence-corrected chi connectivity index (χ4v) is 5.97. The molecule has 1 saturated heterocycles. The number of halogens is 2. The van der Waals surface area contributed by atoms with Gasteiger partial charge in [-0.05, 0) is 39.7 Å². The first-order valence-electron chi connectivity index (χ1n) is 12.1. The fraction of sp³-hybridized carbons (Fsp3) is 0.480. The Morgan fingerprint density at radius 2 is 2.17 bits per heavy atom. The minimum atomic E-state index is -0.779. The monoisotopic (exact) mass is 533 g/mol. The smallest absolute Gasteiger partial charge is 0.261 e. The van der Waals surface area contributed by atoms with Gasteiger partial charge >= 0.3 is 0 Å². The molecule has 0 bridgehead atoms. The number of imidazole rings is 1. The molecule has 2 aromatic heterocycles. The van der Waals surface area contributed by atoms with Crippen LogP contribution in [0.5, 0.6) is 5.75 Å². The number of aryl methyl sites for hydroxylation is 1. The van der Waals surface area contributed by atoms with E-state index >= 15 is 4.39 Å². The summed E-state index contributed by atoms with van der Waals surface area (Å²) in [6.45, 7) is 8.46. The van der Waals surface area contributed by atoms with E-state index < -0.39 is 16.8 Å². The summed E-state index contributed by atoms with van der Waals surface area (Å²) in [5.74, 6) is 0.0505. The summed E-state index contributed by atoms with van der Waals surface area (Å²) in [6, 6.07) is 1.43. The fourth-order valence-electron chi connectivity index (χ4n) is 5.04. The Hall–Kier alpha value is -2.69. The lowest BCUT2D eigenvalue weighted by Crippen LogP contribution is -2.39. The maximum Gasteiger partial charge on any atom is 0.261 e. The summed E-state index contributed by atoms with van der Waals surface area (Å²) >= 11 is 6.45. The first kappa shape index (κ1) is 26.4. The Labute approximate surface area is 218 Å². The normalized spacial score (nSPS) is 17.8. The highest BCUT2D eigenvalue weighted by Crippen LogP contribution is 2.42. The molecule has 0 aliphatic carbocycles. The SMILES string of the molecule is COC[C@@H]1CCCN1C(=O)c1c(F)c(Cl)cc([C@](C)([SiH3])c2nc(C)c3c(N)nccn23)c1OC(C)C. The van der Waals surface area contributed by atoms with E-state index in [1.165, 1.54) is 0 Å². The Balaban J connectivity index is 1.95. The molecule has 4 rings (SSSR count). The second-order valence-corrected chi connectivity index (χ2v) is 12.4. The predicted octanol–water partition coefficient (Wildman–Crippen LogP) is 3.08. The molecular formula is C25H33ClFN5O3Si. The number of ether oxygens (including phenoxy) is 2. The van der Waals surface area contributed by atoms with Crippen molar-refractivity contribution in [2.24, 2.45) is 0 Å². The lowest BCUT2D eigenvalue weighted by molar-refractivity contribution is 0.0620. The van der Waals surface area contributed by atoms with Gasteiger partial charge in [-0.25, -0.2) is 14.4 Å². The van der Waals surface area contributed by atoms with E-state index in [4.69, 9.17) is 31.8 Å². The average molecular weight is 534 g/mol. The molecule has 8 nitrogen and oxygen atoms in total. The third-order valence-electron chi connectivity index (χ3n) is 6.73. The van der Waals surface area contributed by atoms with E-state index in [2.05, 4.69) is 4.98 Å². The van der Waals surface area contributed by atoms with Crippen LogP contribution in [-0.4, -0.2) is 67.8 Å². The Kier molecular flexibility index (Phi) is 7.32. The van der Waals surface area contributed by atoms with E-state index in [1.54, 1.807) is 30.5 Å². The van der Waals surface area contributed by atoms with Crippen molar-refractivity contribution in [1.82, 2.24) is 19.3 Å². The van der Waals surface area contributed by atoms with Crippen molar-refractivity contribution in [2.75, 3.05) is 26.0 Å². The summed E-state index contributed by atoms with van der Waals surface area (Å²) < 4.78 is 29.1. The number of carbonyl (C=O) groups excluding carboxylic acids is 1. The maximum atomic E-state index is 15.7. The molecule has 0 radical (unpaired) electrons. The summed E-state index contributed by atoms with van der Waals surface area (Å²) in [6.07, 6.45) is 4.73. The molecule has 1 aliphatic heterocycles. The molecule has 0 unspecified atom stereocenters. The highest BCUT2D eigenvalue weighted by Gasteiger charge is 2.39. The van der Waals surface area contributed by atoms with Crippen LogP contribution in [0.4, 0.5) is 10.2 Å². The van der Waals surface area contributed by atoms with Crippen molar-refractivity contribution in [1.29, 1.82) is 0 Å². The lowest BCUT2D eigenvalue weighted by Gasteiger charge is -2.31. The van der Waals surface area contributed by atoms with E-state index in [9.17, 15) is 4.79 Å². The number of hydrogen-bond acceptors (Lipinski definition) is 6. The number of nitrogens with zero attached hydrogens (tertiary/aromatic N) is 4. The van der Waals surface area contributed by atoms with Gasteiger partial charge in [0, 0.05) is 46.9 Å². The molecule has 11 heteroatoms. The average Bonchev–Trinajstić information content (AvgIpc) is 3.41. The zero-order chi connectivity index (χ0) is 26.4. The summed E-state index contributed by atoms with van der Waals surface area (Å²) in [7, 11) is 2.15. The lowest BCUT2D eigenvalue weighted by atomic mass is 9.94. The highest BCUT2D eigenvalue weighted by molar-refractivity contribution is 6.31. The van der Waals surface area contributed by atoms with Crippen molar-refractivity contribution in [2.45, 2.75) is 57.7 Å². The summed E-state index contributed by atoms with van der Waals surface area (Å²) in [5, 5.41) is -0.841. The van der Waals surface area contributed by atoms with Gasteiger partial charge < -0.3 is 20.1 Å². The van der Waals surface area contributed by atoms with Crippen LogP contribution in [-0.2, 0) is 9.78 Å². The van der Waals surface area contributed by atoms with Crippen molar-refractivity contribution < 1.29 is 18.7 Å². The van der Waals surface area contributed by atoms with Crippen LogP contribution in [0.3, 0.4) is 0 Å². The van der Waals surface area contributed by atoms with Gasteiger partial charge in [-0.2, -0.15) is 0 Å². The van der Waals surface area contributed by atoms with Gasteiger partial charge in [-0.1, -0.05) is 18.5 Å². The van der Waals surface area contributed by atoms with Gasteiger partial charge in [0.15, 0.2) is 5.82 Å². The molecule has 2 atom stereocenters. The van der Waals surface area contributed by atoms with Crippen LogP contribution in [0.15, 0.2) is 18.5 Å². The first-order chi connectivity index (χ1) is 17.0. The molecule has 36 heavy (non-hydrogen) atoms. The van der Waals surface area contributed by atoms with E-state index in [1.807, 2.05) is 32.1 Å². The second kappa shape index (κ2) is 9.99. The molecule has 3 heterocycles. The van der Waals surface area contributed by atoms with Crippen molar-refractivity contribution in [3.8, 4) is 5.75 Å². The molecule has 3 aromatic rings. The van der Waals surface area contributed by atoms with E-state index in [0.717, 1.165) is 18.5 Å². The minimum Gasteiger partial charge on any atom is -0.490 e. The van der Waals surface area contributed by atoms with E-state index in [-0.39, 0.29) is 28.5 Å². The molecule has 1 aromatic carbocycles. The number of benzene rings is 1. The summed E-state index contributed by atoms with van der Waals surface area (Å²) in [5.41, 5.74) is 8.06. The quantitative estimate of drug-likeness (QED) is 0.469. The number of likely N-dealkylation sites (tertiary alicyclic amines) is 1. The molecule has 2 N–H and O–H groups in total. The third kappa shape index (κ3) is 4.46. The van der Waals surface area contributed by atoms with Crippen LogP contribution in [0.2, 0.25) is 5.02 Å². The number of amides is 1. The van der Waals surface area contributed by atoms with Crippen molar-refractivity contribution in [3.63, 3.8) is 0 Å². The second-order valence-electron chi connectivity index (χ2n) is 10.0. The first-order valence-corrected chi connectivity index (χ1v) is 13.4. The number of hydrogen-bond donors (Lipinski definition) is 1. The Bertz CT molecular complexity index is 1310. The number of nitrogens with two attached hydrogens (primary N) is 1. The van der Waals surface area contributed by atoms with Gasteiger partial charge in [-0.3, -0.25) is 9.20 Å². The number of anilines is 1. The van der Waals surface area contributed by atoms with Crippen molar-refractivity contribution in [3.05, 3.63) is 51.9 Å². The van der Waals surface area contributed by atoms with Crippen LogP contribution in [0, 0.1) is 12.7 Å². The van der Waals surface area contributed by atoms with Crippen LogP contribution in [0.1, 0.15) is 61.1 Å². The topological polar surface area (TPSA) is 95.0 Å². The predicted molar refractivity (Wildman–Crippen MR) is 142 cm³/mol. The van der Waals surface area contributed by atoms with Crippen LogP contribution < -0.4 is 10.5 Å². The highest BCUT2D eigenvalue weighted by atomic mass is 35.5. The zero-order valence-electron chi connectivity index (χ0n) is 21.6. The number of rotatable bonds is 7. The minimum absolute atomic E-state index is 0.131. The Morgan fingerprint density at radius 3 is 2.83 bits per heavy atom. The number of fused-ring (bicyclic) bond motifs is 1. The zero-order valence-corrected chi connectivity index (χ0v) is 24.3. The van der Waals surface area contributed by atoms with E-state index in [0.29, 0.717) is 46.1 Å². The Morgan fingerprint density at radius 1 is 1.44 bits per heavy atom. The van der Waals surface area contributed by atoms with Gasteiger partial charge in [0.05, 0.1) is 29.5 Å². The number of carbonyl (C=O) groups is 1. The number of methoxy groups -OCH3 is 1. The van der Waals surface area contributed by atoms with Crippen LogP contribution in [0.25, 0.3) is 5.52 Å². The largest absolute Gasteiger partial charge is 0.490 e. The van der Waals surface area contributed by atoms with Crippen molar-refractivity contribution >= 4 is 39.1 Å². The third-order valence-corrected chi connectivity index (χ3v) is 7.99. The molecule has 1 aliphatic rings. The van der Waals surface area contributed by atoms with Gasteiger partial charge in [-0.15, -0.1) is 0 Å². The molecule has 1 fully saturated rings. The number of nitrogen functional groups attached to an aromatic ring is 1. The number of aromatic nitrogens is 3. The van der Waals surface area contributed by atoms with Crippen LogP contribution >= 0.6 is 11.6 Å². The van der Waals surface area contributed by atoms with Gasteiger partial charge in [0.2, 0.25) is 0 Å². The standard InChI is InChI=1S/C25H33ClFN5O3Si/c1-13(2)35-21-16(25(4,36)24-30-14(3)20-22(28)29-8-10-32(20)24)11-17(26)19(27)18(21)23(33)31-9-6-7-15(31)12-34-5/h8,10-11,13,15H,6-7,9,12H2,1-5,36H3,(H2,28,29)/t15-,25-/m0/s1. The molecule has 0 saturated carbocycles.